The summed E-state index contributed by atoms with van der Waals surface area (Å²) in [5, 5.41) is 26.9. The lowest BCUT2D eigenvalue weighted by molar-refractivity contribution is 0.00769. The zero-order valence-electron chi connectivity index (χ0n) is 23.0. The summed E-state index contributed by atoms with van der Waals surface area (Å²) in [4.78, 5) is 8.35. The van der Waals surface area contributed by atoms with Crippen molar-refractivity contribution < 1.29 is 31.8 Å². The Morgan fingerprint density at radius 3 is 2.47 bits per heavy atom. The maximum Gasteiger partial charge on any atom is 0.274 e. The minimum atomic E-state index is -3.99. The Kier molecular flexibility index (Phi) is 8.43. The molecule has 0 unspecified atom stereocenters. The van der Waals surface area contributed by atoms with Crippen LogP contribution in [-0.2, 0) is 26.7 Å². The van der Waals surface area contributed by atoms with E-state index in [4.69, 9.17) is 15.6 Å². The van der Waals surface area contributed by atoms with Gasteiger partial charge in [-0.15, -0.1) is 0 Å². The molecular weight excluding hydrogens is 596 g/mol. The number of hydrogen-bond donors (Lipinski definition) is 5. The van der Waals surface area contributed by atoms with Crippen LogP contribution in [0.15, 0.2) is 66.0 Å². The van der Waals surface area contributed by atoms with Gasteiger partial charge >= 0.3 is 0 Å². The number of nitrogen functional groups attached to an aromatic ring is 1. The summed E-state index contributed by atoms with van der Waals surface area (Å²) in [6.45, 7) is 0.0877. The summed E-state index contributed by atoms with van der Waals surface area (Å²) in [5.41, 5.74) is 8.03. The fourth-order valence-corrected chi connectivity index (χ4v) is 6.43. The van der Waals surface area contributed by atoms with Crippen LogP contribution in [0.25, 0.3) is 11.0 Å². The van der Waals surface area contributed by atoms with E-state index in [9.17, 15) is 27.0 Å². The standard InChI is InChI=1S/C28H30N6O7S2/c1-42(37,38)23-12-21(41-15-17-5-3-2-4-6-17)10-9-18(23)7-8-19-14-34(28-24(19)27(29)31-16-32-28)22-11-20(25(35)26(22)36)13-33-43(30,39)40/h2-6,9-10,12,14,16,20,22,25-26,33,35-36H,11,13,15H2,1H3,(H2,29,31,32)(H2,30,39,40)/t20-,22-,25-,26+/m1/s1. The second-order valence-corrected chi connectivity index (χ2v) is 13.7. The van der Waals surface area contributed by atoms with Gasteiger partial charge in [0.15, 0.2) is 9.84 Å². The number of nitrogens with two attached hydrogens (primary N) is 2. The van der Waals surface area contributed by atoms with Gasteiger partial charge in [0.05, 0.1) is 28.0 Å². The molecule has 13 nitrogen and oxygen atoms in total. The molecule has 15 heteroatoms. The zero-order valence-corrected chi connectivity index (χ0v) is 24.6. The van der Waals surface area contributed by atoms with Gasteiger partial charge in [-0.05, 0) is 24.1 Å². The molecule has 4 aromatic rings. The van der Waals surface area contributed by atoms with Crippen molar-refractivity contribution in [3.63, 3.8) is 0 Å². The number of nitrogens with one attached hydrogen (secondary N) is 1. The van der Waals surface area contributed by atoms with E-state index < -0.39 is 44.2 Å². The van der Waals surface area contributed by atoms with Crippen LogP contribution in [0.3, 0.4) is 0 Å². The number of ether oxygens (including phenoxy) is 1. The van der Waals surface area contributed by atoms with Gasteiger partial charge in [-0.1, -0.05) is 42.2 Å². The molecule has 226 valence electrons. The molecule has 7 N–H and O–H groups in total. The van der Waals surface area contributed by atoms with Crippen molar-refractivity contribution in [2.75, 3.05) is 18.5 Å². The lowest BCUT2D eigenvalue weighted by Gasteiger charge is -2.18. The van der Waals surface area contributed by atoms with Crippen molar-refractivity contribution in [2.45, 2.75) is 36.2 Å². The molecule has 1 aliphatic rings. The van der Waals surface area contributed by atoms with Gasteiger partial charge < -0.3 is 25.3 Å². The van der Waals surface area contributed by atoms with Crippen molar-refractivity contribution in [3.8, 4) is 17.6 Å². The molecule has 1 fully saturated rings. The molecule has 0 amide bonds. The largest absolute Gasteiger partial charge is 0.489 e. The number of benzene rings is 2. The average Bonchev–Trinajstić information content (AvgIpc) is 3.46. The van der Waals surface area contributed by atoms with E-state index in [-0.39, 0.29) is 35.8 Å². The van der Waals surface area contributed by atoms with Gasteiger partial charge in [-0.2, -0.15) is 8.42 Å². The highest BCUT2D eigenvalue weighted by atomic mass is 32.2. The van der Waals surface area contributed by atoms with Gasteiger partial charge in [0.2, 0.25) is 0 Å². The van der Waals surface area contributed by atoms with Gasteiger partial charge in [-0.25, -0.2) is 28.2 Å². The number of fused-ring (bicyclic) bond motifs is 1. The van der Waals surface area contributed by atoms with Crippen molar-refractivity contribution in [1.82, 2.24) is 19.3 Å². The molecule has 1 saturated carbocycles. The third-order valence-electron chi connectivity index (χ3n) is 7.25. The van der Waals surface area contributed by atoms with E-state index in [1.54, 1.807) is 22.9 Å². The molecular formula is C28H30N6O7S2. The van der Waals surface area contributed by atoms with Crippen molar-refractivity contribution in [2.24, 2.45) is 11.1 Å². The normalized spacial score (nSPS) is 20.6. The second kappa shape index (κ2) is 11.9. The van der Waals surface area contributed by atoms with E-state index in [1.807, 2.05) is 30.3 Å². The molecule has 0 radical (unpaired) electrons. The first-order valence-corrected chi connectivity index (χ1v) is 16.5. The first kappa shape index (κ1) is 30.4. The highest BCUT2D eigenvalue weighted by molar-refractivity contribution is 7.90. The maximum atomic E-state index is 12.7. The van der Waals surface area contributed by atoms with Crippen LogP contribution in [-0.4, -0.2) is 66.6 Å². The van der Waals surface area contributed by atoms with Crippen molar-refractivity contribution in [1.29, 1.82) is 0 Å². The van der Waals surface area contributed by atoms with E-state index >= 15 is 0 Å². The van der Waals surface area contributed by atoms with Crippen LogP contribution < -0.4 is 20.3 Å². The van der Waals surface area contributed by atoms with Crippen LogP contribution in [0.5, 0.6) is 5.75 Å². The zero-order chi connectivity index (χ0) is 30.9. The molecule has 1 aliphatic carbocycles. The predicted molar refractivity (Wildman–Crippen MR) is 159 cm³/mol. The lowest BCUT2D eigenvalue weighted by Crippen LogP contribution is -2.38. The number of aliphatic hydroxyl groups excluding tert-OH is 2. The Morgan fingerprint density at radius 2 is 1.77 bits per heavy atom. The number of anilines is 1. The minimum absolute atomic E-state index is 0.0157. The van der Waals surface area contributed by atoms with Crippen LogP contribution in [0, 0.1) is 17.8 Å². The van der Waals surface area contributed by atoms with E-state index in [0.717, 1.165) is 11.8 Å². The summed E-state index contributed by atoms with van der Waals surface area (Å²) in [6, 6.07) is 13.4. The van der Waals surface area contributed by atoms with Crippen LogP contribution >= 0.6 is 0 Å². The van der Waals surface area contributed by atoms with Gasteiger partial charge in [0.1, 0.15) is 36.3 Å². The topological polar surface area (TPSA) is 213 Å². The van der Waals surface area contributed by atoms with Crippen molar-refractivity contribution >= 4 is 36.9 Å². The molecule has 2 aromatic heterocycles. The van der Waals surface area contributed by atoms with Crippen molar-refractivity contribution in [3.05, 3.63) is 77.7 Å². The van der Waals surface area contributed by atoms with E-state index in [0.29, 0.717) is 22.3 Å². The van der Waals surface area contributed by atoms with Gasteiger partial charge in [-0.3, -0.25) is 0 Å². The molecule has 43 heavy (non-hydrogen) atoms. The predicted octanol–water partition coefficient (Wildman–Crippen LogP) is 0.472. The summed E-state index contributed by atoms with van der Waals surface area (Å²) in [7, 11) is -7.69. The Labute approximate surface area is 248 Å². The molecule has 4 atom stereocenters. The highest BCUT2D eigenvalue weighted by Gasteiger charge is 2.43. The van der Waals surface area contributed by atoms with Crippen LogP contribution in [0.1, 0.15) is 29.2 Å². The second-order valence-electron chi connectivity index (χ2n) is 10.3. The Bertz CT molecular complexity index is 1940. The Hall–Kier alpha value is -4.04. The number of aromatic nitrogens is 3. The third kappa shape index (κ3) is 6.80. The first-order chi connectivity index (χ1) is 20.3. The lowest BCUT2D eigenvalue weighted by atomic mass is 10.1. The number of sulfone groups is 1. The number of aliphatic hydroxyl groups is 2. The van der Waals surface area contributed by atoms with Gasteiger partial charge in [0, 0.05) is 36.5 Å². The fourth-order valence-electron chi connectivity index (χ4n) is 5.13. The third-order valence-corrected chi connectivity index (χ3v) is 8.95. The monoisotopic (exact) mass is 626 g/mol. The molecule has 0 spiro atoms. The van der Waals surface area contributed by atoms with E-state index in [1.165, 1.54) is 12.4 Å². The van der Waals surface area contributed by atoms with Crippen LogP contribution in [0.4, 0.5) is 5.82 Å². The molecule has 2 aromatic carbocycles. The quantitative estimate of drug-likeness (QED) is 0.171. The Balaban J connectivity index is 1.49. The summed E-state index contributed by atoms with van der Waals surface area (Å²) in [5.74, 6) is 5.73. The van der Waals surface area contributed by atoms with E-state index in [2.05, 4.69) is 26.5 Å². The highest BCUT2D eigenvalue weighted by Crippen LogP contribution is 2.38. The molecule has 0 aliphatic heterocycles. The maximum absolute atomic E-state index is 12.7. The number of rotatable bonds is 8. The first-order valence-electron chi connectivity index (χ1n) is 13.1. The minimum Gasteiger partial charge on any atom is -0.489 e. The SMILES string of the molecule is CS(=O)(=O)c1cc(OCc2ccccc2)ccc1C#Cc1cn([C@@H]2C[C@H](CNS(N)(=O)=O)[C@@H](O)[C@H]2O)c2ncnc(N)c12. The molecule has 2 heterocycles. The summed E-state index contributed by atoms with van der Waals surface area (Å²) < 4.78 is 57.6. The number of nitrogens with zero attached hydrogens (tertiary/aromatic N) is 3. The molecule has 5 rings (SSSR count). The van der Waals surface area contributed by atoms with Gasteiger partial charge in [0.25, 0.3) is 10.2 Å². The summed E-state index contributed by atoms with van der Waals surface area (Å²) >= 11 is 0. The Morgan fingerprint density at radius 1 is 1.05 bits per heavy atom. The molecule has 0 bridgehead atoms. The van der Waals surface area contributed by atoms with Crippen LogP contribution in [0.2, 0.25) is 0 Å². The average molecular weight is 627 g/mol. The smallest absolute Gasteiger partial charge is 0.274 e. The summed E-state index contributed by atoms with van der Waals surface area (Å²) in [6.07, 6.45) is 1.61. The number of hydrogen-bond acceptors (Lipinski definition) is 10. The molecule has 0 saturated heterocycles. The fraction of sp³-hybridized carbons (Fsp3) is 0.286.